The molecule has 3 nitrogen and oxygen atoms in total. The Morgan fingerprint density at radius 1 is 1.32 bits per heavy atom. The molecule has 0 bridgehead atoms. The molecule has 0 unspecified atom stereocenters. The van der Waals surface area contributed by atoms with E-state index in [1.54, 1.807) is 12.1 Å². The predicted octanol–water partition coefficient (Wildman–Crippen LogP) is 3.45. The molecule has 0 heterocycles. The van der Waals surface area contributed by atoms with Crippen molar-refractivity contribution in [3.63, 3.8) is 0 Å². The minimum Gasteiger partial charge on any atom is -0.494 e. The van der Waals surface area contributed by atoms with Crippen LogP contribution < -0.4 is 4.74 Å². The predicted molar refractivity (Wildman–Crippen MR) is 78.3 cm³/mol. The highest BCUT2D eigenvalue weighted by atomic mass is 16.5. The lowest BCUT2D eigenvalue weighted by atomic mass is 10.1. The van der Waals surface area contributed by atoms with E-state index in [1.807, 2.05) is 12.1 Å². The van der Waals surface area contributed by atoms with Crippen LogP contribution in [-0.4, -0.2) is 31.1 Å². The minimum atomic E-state index is 0.645. The molecule has 3 heteroatoms. The molecule has 0 aliphatic carbocycles. The van der Waals surface area contributed by atoms with Crippen LogP contribution in [0.3, 0.4) is 0 Å². The Kier molecular flexibility index (Phi) is 6.99. The summed E-state index contributed by atoms with van der Waals surface area (Å²) < 4.78 is 5.67. The lowest BCUT2D eigenvalue weighted by molar-refractivity contribution is 0.205. The molecule has 0 radical (unpaired) electrons. The second-order valence-corrected chi connectivity index (χ2v) is 4.79. The van der Waals surface area contributed by atoms with Crippen LogP contribution in [0, 0.1) is 11.3 Å². The molecule has 0 fully saturated rings. The van der Waals surface area contributed by atoms with Gasteiger partial charge in [-0.1, -0.05) is 19.9 Å². The summed E-state index contributed by atoms with van der Waals surface area (Å²) >= 11 is 0. The summed E-state index contributed by atoms with van der Waals surface area (Å²) in [6.07, 6.45) is 3.39. The fourth-order valence-corrected chi connectivity index (χ4v) is 2.25. The zero-order valence-electron chi connectivity index (χ0n) is 12.2. The normalized spacial score (nSPS) is 10.7. The lowest BCUT2D eigenvalue weighted by Crippen LogP contribution is -2.32. The molecule has 1 aromatic rings. The van der Waals surface area contributed by atoms with Gasteiger partial charge in [-0.2, -0.15) is 5.26 Å². The maximum atomic E-state index is 8.81. The summed E-state index contributed by atoms with van der Waals surface area (Å²) in [7, 11) is 2.17. The van der Waals surface area contributed by atoms with E-state index in [4.69, 9.17) is 10.00 Å². The standard InChI is InChI=1S/C16H24N2O/c1-4-15(5-2)18(3)10-7-11-19-16-9-6-8-14(12-16)13-17/h6,8-9,12,15H,4-5,7,10-11H2,1-3H3. The summed E-state index contributed by atoms with van der Waals surface area (Å²) in [5, 5.41) is 8.81. The maximum Gasteiger partial charge on any atom is 0.120 e. The van der Waals surface area contributed by atoms with E-state index in [0.717, 1.165) is 18.7 Å². The fourth-order valence-electron chi connectivity index (χ4n) is 2.25. The van der Waals surface area contributed by atoms with Gasteiger partial charge in [0, 0.05) is 12.6 Å². The Balaban J connectivity index is 2.29. The van der Waals surface area contributed by atoms with Crippen molar-refractivity contribution in [1.29, 1.82) is 5.26 Å². The molecule has 1 aromatic carbocycles. The zero-order chi connectivity index (χ0) is 14.1. The molecule has 0 aromatic heterocycles. The Hall–Kier alpha value is -1.53. The monoisotopic (exact) mass is 260 g/mol. The quantitative estimate of drug-likeness (QED) is 0.672. The summed E-state index contributed by atoms with van der Waals surface area (Å²) in [5.74, 6) is 0.782. The first-order valence-electron chi connectivity index (χ1n) is 7.04. The van der Waals surface area contributed by atoms with Gasteiger partial charge in [-0.15, -0.1) is 0 Å². The molecule has 19 heavy (non-hydrogen) atoms. The van der Waals surface area contributed by atoms with E-state index in [2.05, 4.69) is 31.9 Å². The third kappa shape index (κ3) is 5.32. The first kappa shape index (κ1) is 15.5. The molecule has 0 saturated carbocycles. The van der Waals surface area contributed by atoms with Crippen LogP contribution in [-0.2, 0) is 0 Å². The molecule has 0 atom stereocenters. The van der Waals surface area contributed by atoms with Crippen molar-refractivity contribution in [2.75, 3.05) is 20.2 Å². The van der Waals surface area contributed by atoms with Gasteiger partial charge in [0.2, 0.25) is 0 Å². The van der Waals surface area contributed by atoms with Crippen molar-refractivity contribution < 1.29 is 4.74 Å². The molecular weight excluding hydrogens is 236 g/mol. The van der Waals surface area contributed by atoms with Gasteiger partial charge in [0.1, 0.15) is 5.75 Å². The first-order chi connectivity index (χ1) is 9.21. The molecule has 0 aliphatic rings. The van der Waals surface area contributed by atoms with Crippen molar-refractivity contribution in [2.24, 2.45) is 0 Å². The van der Waals surface area contributed by atoms with Gasteiger partial charge >= 0.3 is 0 Å². The Bertz CT molecular complexity index is 407. The van der Waals surface area contributed by atoms with Crippen molar-refractivity contribution in [2.45, 2.75) is 39.2 Å². The molecular formula is C16H24N2O. The minimum absolute atomic E-state index is 0.645. The van der Waals surface area contributed by atoms with Crippen molar-refractivity contribution in [3.8, 4) is 11.8 Å². The van der Waals surface area contributed by atoms with Gasteiger partial charge in [0.15, 0.2) is 0 Å². The van der Waals surface area contributed by atoms with Crippen LogP contribution in [0.25, 0.3) is 0 Å². The van der Waals surface area contributed by atoms with Gasteiger partial charge in [0.25, 0.3) is 0 Å². The van der Waals surface area contributed by atoms with E-state index in [9.17, 15) is 0 Å². The fraction of sp³-hybridized carbons (Fsp3) is 0.562. The number of benzene rings is 1. The highest BCUT2D eigenvalue weighted by molar-refractivity contribution is 5.36. The van der Waals surface area contributed by atoms with Crippen LogP contribution in [0.15, 0.2) is 24.3 Å². The number of rotatable bonds is 8. The van der Waals surface area contributed by atoms with Crippen molar-refractivity contribution >= 4 is 0 Å². The van der Waals surface area contributed by atoms with Gasteiger partial charge in [-0.3, -0.25) is 0 Å². The van der Waals surface area contributed by atoms with Crippen LogP contribution in [0.4, 0.5) is 0 Å². The van der Waals surface area contributed by atoms with E-state index in [0.29, 0.717) is 18.2 Å². The van der Waals surface area contributed by atoms with Crippen molar-refractivity contribution in [3.05, 3.63) is 29.8 Å². The van der Waals surface area contributed by atoms with Gasteiger partial charge < -0.3 is 9.64 Å². The molecule has 0 N–H and O–H groups in total. The molecule has 0 saturated heterocycles. The molecule has 104 valence electrons. The zero-order valence-corrected chi connectivity index (χ0v) is 12.2. The van der Waals surface area contributed by atoms with Crippen LogP contribution in [0.2, 0.25) is 0 Å². The molecule has 1 rings (SSSR count). The SMILES string of the molecule is CCC(CC)N(C)CCCOc1cccc(C#N)c1. The third-order valence-electron chi connectivity index (χ3n) is 3.45. The third-order valence-corrected chi connectivity index (χ3v) is 3.45. The largest absolute Gasteiger partial charge is 0.494 e. The van der Waals surface area contributed by atoms with Gasteiger partial charge in [-0.25, -0.2) is 0 Å². The van der Waals surface area contributed by atoms with Crippen LogP contribution in [0.1, 0.15) is 38.7 Å². The summed E-state index contributed by atoms with van der Waals surface area (Å²) in [4.78, 5) is 2.40. The molecule has 0 aliphatic heterocycles. The lowest BCUT2D eigenvalue weighted by Gasteiger charge is -2.25. The summed E-state index contributed by atoms with van der Waals surface area (Å²) in [5.41, 5.74) is 0.645. The second-order valence-electron chi connectivity index (χ2n) is 4.79. The van der Waals surface area contributed by atoms with E-state index in [1.165, 1.54) is 12.8 Å². The number of nitrogens with zero attached hydrogens (tertiary/aromatic N) is 2. The second kappa shape index (κ2) is 8.55. The summed E-state index contributed by atoms with van der Waals surface area (Å²) in [6, 6.07) is 10.1. The van der Waals surface area contributed by atoms with Gasteiger partial charge in [-0.05, 0) is 44.5 Å². The van der Waals surface area contributed by atoms with Crippen molar-refractivity contribution in [1.82, 2.24) is 4.90 Å². The number of ether oxygens (including phenoxy) is 1. The Morgan fingerprint density at radius 3 is 2.68 bits per heavy atom. The van der Waals surface area contributed by atoms with Crippen LogP contribution in [0.5, 0.6) is 5.75 Å². The topological polar surface area (TPSA) is 36.3 Å². The maximum absolute atomic E-state index is 8.81. The Morgan fingerprint density at radius 2 is 2.05 bits per heavy atom. The number of hydrogen-bond donors (Lipinski definition) is 0. The molecule has 0 amide bonds. The van der Waals surface area contributed by atoms with E-state index < -0.39 is 0 Å². The first-order valence-corrected chi connectivity index (χ1v) is 7.04. The van der Waals surface area contributed by atoms with E-state index in [-0.39, 0.29) is 0 Å². The summed E-state index contributed by atoms with van der Waals surface area (Å²) in [6.45, 7) is 6.20. The number of hydrogen-bond acceptors (Lipinski definition) is 3. The van der Waals surface area contributed by atoms with Crippen LogP contribution >= 0.6 is 0 Å². The van der Waals surface area contributed by atoms with E-state index >= 15 is 0 Å². The van der Waals surface area contributed by atoms with Gasteiger partial charge in [0.05, 0.1) is 18.2 Å². The smallest absolute Gasteiger partial charge is 0.120 e. The molecule has 0 spiro atoms. The average Bonchev–Trinajstić information content (AvgIpc) is 2.45. The average molecular weight is 260 g/mol. The highest BCUT2D eigenvalue weighted by Gasteiger charge is 2.09. The Labute approximate surface area is 116 Å². The number of nitriles is 1. The highest BCUT2D eigenvalue weighted by Crippen LogP contribution is 2.13.